The number of nitrogens with two attached hydrogens (primary N) is 1. The number of nitrogens with one attached hydrogen (secondary N) is 1. The molecule has 1 atom stereocenters. The predicted molar refractivity (Wildman–Crippen MR) is 95.7 cm³/mol. The monoisotopic (exact) mass is 321 g/mol. The van der Waals surface area contributed by atoms with Crippen LogP contribution in [0.2, 0.25) is 0 Å². The largest absolute Gasteiger partial charge is 0.323 e. The Kier molecular flexibility index (Phi) is 4.56. The first-order valence-electron chi connectivity index (χ1n) is 7.71. The lowest BCUT2D eigenvalue weighted by atomic mass is 10.0. The van der Waals surface area contributed by atoms with Gasteiger partial charge in [-0.15, -0.1) is 0 Å². The summed E-state index contributed by atoms with van der Waals surface area (Å²) in [6.07, 6.45) is 0.520. The topological polar surface area (TPSA) is 83.1 Å². The summed E-state index contributed by atoms with van der Waals surface area (Å²) in [6.45, 7) is 1.75. The van der Waals surface area contributed by atoms with Gasteiger partial charge in [-0.3, -0.25) is 15.2 Å². The highest BCUT2D eigenvalue weighted by Crippen LogP contribution is 2.18. The highest BCUT2D eigenvalue weighted by molar-refractivity contribution is 6.42. The average Bonchev–Trinajstić information content (AvgIpc) is 2.64. The SMILES string of the molecule is C/C(=N/N)C1=NC(Cc2ccccc2)C(=O)N(c2ccccc2)N1. The van der Waals surface area contributed by atoms with Crippen LogP contribution in [0.25, 0.3) is 0 Å². The molecule has 1 unspecified atom stereocenters. The molecule has 6 nitrogen and oxygen atoms in total. The fraction of sp³-hybridized carbons (Fsp3) is 0.167. The lowest BCUT2D eigenvalue weighted by molar-refractivity contribution is -0.120. The number of para-hydroxylation sites is 1. The Bertz CT molecular complexity index is 771. The molecule has 24 heavy (non-hydrogen) atoms. The molecule has 0 saturated carbocycles. The number of carbonyl (C=O) groups excluding carboxylic acids is 1. The molecule has 1 amide bonds. The summed E-state index contributed by atoms with van der Waals surface area (Å²) in [5.74, 6) is 5.77. The summed E-state index contributed by atoms with van der Waals surface area (Å²) in [7, 11) is 0. The maximum Gasteiger partial charge on any atom is 0.270 e. The zero-order chi connectivity index (χ0) is 16.9. The smallest absolute Gasteiger partial charge is 0.270 e. The third-order valence-electron chi connectivity index (χ3n) is 3.83. The van der Waals surface area contributed by atoms with E-state index in [1.807, 2.05) is 60.7 Å². The van der Waals surface area contributed by atoms with Crippen LogP contribution in [-0.4, -0.2) is 23.5 Å². The minimum Gasteiger partial charge on any atom is -0.323 e. The van der Waals surface area contributed by atoms with Crippen molar-refractivity contribution in [3.8, 4) is 0 Å². The number of nitrogens with zero attached hydrogens (tertiary/aromatic N) is 3. The van der Waals surface area contributed by atoms with Gasteiger partial charge in [0.2, 0.25) is 0 Å². The molecule has 122 valence electrons. The van der Waals surface area contributed by atoms with Crippen LogP contribution in [0.3, 0.4) is 0 Å². The number of hydrogen-bond donors (Lipinski definition) is 2. The minimum absolute atomic E-state index is 0.112. The van der Waals surface area contributed by atoms with E-state index in [2.05, 4.69) is 15.5 Å². The second kappa shape index (κ2) is 6.95. The van der Waals surface area contributed by atoms with Crippen molar-refractivity contribution in [1.82, 2.24) is 5.43 Å². The van der Waals surface area contributed by atoms with Crippen molar-refractivity contribution < 1.29 is 4.79 Å². The Hall–Kier alpha value is -3.15. The number of hydrazine groups is 1. The molecular weight excluding hydrogens is 302 g/mol. The first-order chi connectivity index (χ1) is 11.7. The van der Waals surface area contributed by atoms with Crippen molar-refractivity contribution in [3.63, 3.8) is 0 Å². The molecule has 0 spiro atoms. The molecule has 3 N–H and O–H groups in total. The number of aliphatic imine (C=N–C) groups is 1. The molecule has 1 heterocycles. The van der Waals surface area contributed by atoms with Gasteiger partial charge in [0.05, 0.1) is 5.69 Å². The highest BCUT2D eigenvalue weighted by Gasteiger charge is 2.31. The van der Waals surface area contributed by atoms with Crippen LogP contribution in [0.5, 0.6) is 0 Å². The molecule has 3 rings (SSSR count). The number of hydrazone groups is 1. The average molecular weight is 321 g/mol. The third kappa shape index (κ3) is 3.27. The molecule has 0 fully saturated rings. The van der Waals surface area contributed by atoms with E-state index in [1.54, 1.807) is 6.92 Å². The molecule has 0 aromatic heterocycles. The Morgan fingerprint density at radius 3 is 2.42 bits per heavy atom. The van der Waals surface area contributed by atoms with Crippen molar-refractivity contribution >= 4 is 23.1 Å². The van der Waals surface area contributed by atoms with Gasteiger partial charge in [-0.25, -0.2) is 5.01 Å². The lowest BCUT2D eigenvalue weighted by Crippen LogP contribution is -2.57. The minimum atomic E-state index is -0.527. The van der Waals surface area contributed by atoms with Gasteiger partial charge < -0.3 is 5.84 Å². The van der Waals surface area contributed by atoms with E-state index in [4.69, 9.17) is 5.84 Å². The predicted octanol–water partition coefficient (Wildman–Crippen LogP) is 1.88. The van der Waals surface area contributed by atoms with Gasteiger partial charge in [0, 0.05) is 6.42 Å². The molecule has 0 radical (unpaired) electrons. The molecular formula is C18H19N5O. The highest BCUT2D eigenvalue weighted by atomic mass is 16.2. The summed E-state index contributed by atoms with van der Waals surface area (Å²) >= 11 is 0. The molecule has 1 aliphatic rings. The number of benzene rings is 2. The maximum absolute atomic E-state index is 12.9. The zero-order valence-electron chi connectivity index (χ0n) is 13.4. The first-order valence-corrected chi connectivity index (χ1v) is 7.71. The fourth-order valence-electron chi connectivity index (χ4n) is 2.52. The molecule has 0 aliphatic carbocycles. The molecule has 6 heteroatoms. The Morgan fingerprint density at radius 2 is 1.79 bits per heavy atom. The second-order valence-corrected chi connectivity index (χ2v) is 5.52. The molecule has 2 aromatic carbocycles. The van der Waals surface area contributed by atoms with Crippen molar-refractivity contribution in [2.45, 2.75) is 19.4 Å². The van der Waals surface area contributed by atoms with Crippen LogP contribution < -0.4 is 16.3 Å². The van der Waals surface area contributed by atoms with Crippen LogP contribution >= 0.6 is 0 Å². The van der Waals surface area contributed by atoms with Gasteiger partial charge in [-0.2, -0.15) is 5.10 Å². The second-order valence-electron chi connectivity index (χ2n) is 5.52. The number of rotatable bonds is 4. The van der Waals surface area contributed by atoms with E-state index >= 15 is 0 Å². The molecule has 1 aliphatic heterocycles. The van der Waals surface area contributed by atoms with Gasteiger partial charge in [0.25, 0.3) is 5.91 Å². The van der Waals surface area contributed by atoms with Crippen LogP contribution in [0.1, 0.15) is 12.5 Å². The Labute approximate surface area is 140 Å². The van der Waals surface area contributed by atoms with Crippen LogP contribution in [0.15, 0.2) is 70.8 Å². The summed E-state index contributed by atoms with van der Waals surface area (Å²) in [4.78, 5) is 17.4. The number of anilines is 1. The van der Waals surface area contributed by atoms with E-state index in [9.17, 15) is 4.79 Å². The zero-order valence-corrected chi connectivity index (χ0v) is 13.4. The van der Waals surface area contributed by atoms with E-state index in [-0.39, 0.29) is 5.91 Å². The van der Waals surface area contributed by atoms with Gasteiger partial charge >= 0.3 is 0 Å². The van der Waals surface area contributed by atoms with Crippen molar-refractivity contribution in [3.05, 3.63) is 66.2 Å². The van der Waals surface area contributed by atoms with Crippen LogP contribution in [-0.2, 0) is 11.2 Å². The number of hydrogen-bond acceptors (Lipinski definition) is 5. The molecule has 0 saturated heterocycles. The summed E-state index contributed by atoms with van der Waals surface area (Å²) < 4.78 is 0. The van der Waals surface area contributed by atoms with E-state index < -0.39 is 6.04 Å². The van der Waals surface area contributed by atoms with E-state index in [0.717, 1.165) is 11.3 Å². The normalized spacial score (nSPS) is 18.1. The van der Waals surface area contributed by atoms with Crippen LogP contribution in [0, 0.1) is 0 Å². The number of amidine groups is 1. The van der Waals surface area contributed by atoms with Gasteiger partial charge in [0.1, 0.15) is 11.8 Å². The van der Waals surface area contributed by atoms with E-state index in [1.165, 1.54) is 5.01 Å². The molecule has 0 bridgehead atoms. The summed E-state index contributed by atoms with van der Waals surface area (Å²) in [5, 5.41) is 5.20. The van der Waals surface area contributed by atoms with Gasteiger partial charge in [-0.1, -0.05) is 48.5 Å². The lowest BCUT2D eigenvalue weighted by Gasteiger charge is -2.32. The van der Waals surface area contributed by atoms with E-state index in [0.29, 0.717) is 18.0 Å². The van der Waals surface area contributed by atoms with Gasteiger partial charge in [-0.05, 0) is 24.6 Å². The fourth-order valence-corrected chi connectivity index (χ4v) is 2.52. The maximum atomic E-state index is 12.9. The van der Waals surface area contributed by atoms with Crippen molar-refractivity contribution in [1.29, 1.82) is 0 Å². The number of carbonyl (C=O) groups is 1. The quantitative estimate of drug-likeness (QED) is 0.512. The summed E-state index contributed by atoms with van der Waals surface area (Å²) in [6, 6.07) is 18.7. The van der Waals surface area contributed by atoms with Gasteiger partial charge in [0.15, 0.2) is 5.84 Å². The van der Waals surface area contributed by atoms with Crippen molar-refractivity contribution in [2.75, 3.05) is 5.01 Å². The Balaban J connectivity index is 1.95. The summed E-state index contributed by atoms with van der Waals surface area (Å²) in [5.41, 5.74) is 5.35. The third-order valence-corrected chi connectivity index (χ3v) is 3.83. The Morgan fingerprint density at radius 1 is 1.17 bits per heavy atom. The van der Waals surface area contributed by atoms with Crippen LogP contribution in [0.4, 0.5) is 5.69 Å². The standard InChI is InChI=1S/C18H19N5O/c1-13(21-19)17-20-16(12-14-8-4-2-5-9-14)18(24)23(22-17)15-10-6-3-7-11-15/h2-11,16H,12,19H2,1H3,(H,20,22)/b21-13-. The van der Waals surface area contributed by atoms with Crippen molar-refractivity contribution in [2.24, 2.45) is 15.9 Å². The molecule has 2 aromatic rings. The first kappa shape index (κ1) is 15.7. The number of amides is 1.